The van der Waals surface area contributed by atoms with E-state index in [9.17, 15) is 4.79 Å². The molecule has 0 bridgehead atoms. The summed E-state index contributed by atoms with van der Waals surface area (Å²) >= 11 is 0. The maximum absolute atomic E-state index is 12.2. The summed E-state index contributed by atoms with van der Waals surface area (Å²) in [6, 6.07) is 7.99. The first kappa shape index (κ1) is 17.0. The Morgan fingerprint density at radius 2 is 1.86 bits per heavy atom. The highest BCUT2D eigenvalue weighted by Gasteiger charge is 2.18. The first-order chi connectivity index (χ1) is 10.5. The number of ether oxygens (including phenoxy) is 1. The standard InChI is InChI=1S/C18H28N2O2/c1-4-18(2,3)16-7-5-15(6-8-16)17(21)19-9-10-20-11-13-22-14-12-20/h5-8H,4,9-14H2,1-3H3,(H,19,21). The molecule has 0 aliphatic carbocycles. The molecule has 1 N–H and O–H groups in total. The Hall–Kier alpha value is -1.39. The molecule has 1 aromatic rings. The summed E-state index contributed by atoms with van der Waals surface area (Å²) in [5, 5.41) is 3.00. The molecule has 0 saturated carbocycles. The molecule has 1 amide bonds. The summed E-state index contributed by atoms with van der Waals surface area (Å²) in [5.41, 5.74) is 2.17. The molecule has 0 aromatic heterocycles. The third-order valence-corrected chi connectivity index (χ3v) is 4.63. The van der Waals surface area contributed by atoms with Crippen LogP contribution in [0.2, 0.25) is 0 Å². The van der Waals surface area contributed by atoms with Crippen LogP contribution >= 0.6 is 0 Å². The quantitative estimate of drug-likeness (QED) is 0.877. The Bertz CT molecular complexity index is 476. The molecule has 0 spiro atoms. The highest BCUT2D eigenvalue weighted by molar-refractivity contribution is 5.94. The fraction of sp³-hybridized carbons (Fsp3) is 0.611. The number of amides is 1. The van der Waals surface area contributed by atoms with E-state index < -0.39 is 0 Å². The van der Waals surface area contributed by atoms with Gasteiger partial charge in [-0.3, -0.25) is 9.69 Å². The van der Waals surface area contributed by atoms with Crippen LogP contribution in [-0.4, -0.2) is 50.2 Å². The zero-order valence-corrected chi connectivity index (χ0v) is 14.0. The molecule has 1 aromatic carbocycles. The van der Waals surface area contributed by atoms with Crippen molar-refractivity contribution in [2.24, 2.45) is 0 Å². The van der Waals surface area contributed by atoms with Crippen LogP contribution < -0.4 is 5.32 Å². The van der Waals surface area contributed by atoms with Gasteiger partial charge in [0.05, 0.1) is 13.2 Å². The van der Waals surface area contributed by atoms with E-state index in [1.807, 2.05) is 12.1 Å². The van der Waals surface area contributed by atoms with Gasteiger partial charge in [0, 0.05) is 31.7 Å². The minimum absolute atomic E-state index is 0.00844. The Morgan fingerprint density at radius 3 is 2.45 bits per heavy atom. The third-order valence-electron chi connectivity index (χ3n) is 4.63. The molecule has 1 aliphatic rings. The number of rotatable bonds is 6. The maximum atomic E-state index is 12.2. The maximum Gasteiger partial charge on any atom is 0.251 e. The van der Waals surface area contributed by atoms with Crippen molar-refractivity contribution in [1.29, 1.82) is 0 Å². The number of hydrogen-bond acceptors (Lipinski definition) is 3. The van der Waals surface area contributed by atoms with Crippen LogP contribution in [0, 0.1) is 0 Å². The van der Waals surface area contributed by atoms with Gasteiger partial charge in [-0.1, -0.05) is 32.9 Å². The number of morpholine rings is 1. The Kier molecular flexibility index (Phi) is 5.98. The van der Waals surface area contributed by atoms with Crippen LogP contribution in [0.4, 0.5) is 0 Å². The Labute approximate surface area is 133 Å². The van der Waals surface area contributed by atoms with E-state index in [0.29, 0.717) is 6.54 Å². The number of carbonyl (C=O) groups is 1. The van der Waals surface area contributed by atoms with Crippen molar-refractivity contribution in [2.45, 2.75) is 32.6 Å². The lowest BCUT2D eigenvalue weighted by Crippen LogP contribution is -2.41. The third kappa shape index (κ3) is 4.55. The molecule has 22 heavy (non-hydrogen) atoms. The summed E-state index contributed by atoms with van der Waals surface area (Å²) in [5.74, 6) is 0.00844. The summed E-state index contributed by atoms with van der Waals surface area (Å²) in [6.45, 7) is 11.7. The van der Waals surface area contributed by atoms with Crippen LogP contribution in [0.3, 0.4) is 0 Å². The van der Waals surface area contributed by atoms with E-state index in [1.165, 1.54) is 5.56 Å². The SMILES string of the molecule is CCC(C)(C)c1ccc(C(=O)NCCN2CCOCC2)cc1. The van der Waals surface area contributed by atoms with Crippen molar-refractivity contribution in [2.75, 3.05) is 39.4 Å². The van der Waals surface area contributed by atoms with Crippen LogP contribution in [0.5, 0.6) is 0 Å². The predicted molar refractivity (Wildman–Crippen MR) is 89.4 cm³/mol. The number of nitrogens with one attached hydrogen (secondary N) is 1. The van der Waals surface area contributed by atoms with Crippen molar-refractivity contribution < 1.29 is 9.53 Å². The van der Waals surface area contributed by atoms with Gasteiger partial charge in [0.15, 0.2) is 0 Å². The summed E-state index contributed by atoms with van der Waals surface area (Å²) < 4.78 is 5.32. The Morgan fingerprint density at radius 1 is 1.23 bits per heavy atom. The monoisotopic (exact) mass is 304 g/mol. The second kappa shape index (κ2) is 7.75. The van der Waals surface area contributed by atoms with Crippen molar-refractivity contribution in [3.05, 3.63) is 35.4 Å². The summed E-state index contributed by atoms with van der Waals surface area (Å²) in [4.78, 5) is 14.5. The van der Waals surface area contributed by atoms with Gasteiger partial charge in [0.2, 0.25) is 0 Å². The zero-order chi connectivity index (χ0) is 16.0. The van der Waals surface area contributed by atoms with E-state index in [0.717, 1.165) is 44.8 Å². The summed E-state index contributed by atoms with van der Waals surface area (Å²) in [6.07, 6.45) is 1.08. The number of nitrogens with zero attached hydrogens (tertiary/aromatic N) is 1. The highest BCUT2D eigenvalue weighted by atomic mass is 16.5. The Balaban J connectivity index is 1.82. The number of hydrogen-bond donors (Lipinski definition) is 1. The topological polar surface area (TPSA) is 41.6 Å². The first-order valence-electron chi connectivity index (χ1n) is 8.22. The van der Waals surface area contributed by atoms with Gasteiger partial charge in [-0.25, -0.2) is 0 Å². The van der Waals surface area contributed by atoms with Gasteiger partial charge in [-0.2, -0.15) is 0 Å². The lowest BCUT2D eigenvalue weighted by atomic mass is 9.82. The average molecular weight is 304 g/mol. The molecule has 2 rings (SSSR count). The molecule has 0 atom stereocenters. The molecular weight excluding hydrogens is 276 g/mol. The van der Waals surface area contributed by atoms with E-state index in [4.69, 9.17) is 4.74 Å². The van der Waals surface area contributed by atoms with Crippen molar-refractivity contribution >= 4 is 5.91 Å². The second-order valence-electron chi connectivity index (χ2n) is 6.52. The lowest BCUT2D eigenvalue weighted by Gasteiger charge is -2.26. The smallest absolute Gasteiger partial charge is 0.251 e. The van der Waals surface area contributed by atoms with E-state index in [2.05, 4.69) is 43.1 Å². The van der Waals surface area contributed by atoms with Gasteiger partial charge in [0.25, 0.3) is 5.91 Å². The molecule has 1 fully saturated rings. The summed E-state index contributed by atoms with van der Waals surface area (Å²) in [7, 11) is 0. The van der Waals surface area contributed by atoms with Crippen molar-refractivity contribution in [1.82, 2.24) is 10.2 Å². The predicted octanol–water partition coefficient (Wildman–Crippen LogP) is 2.44. The van der Waals surface area contributed by atoms with Gasteiger partial charge in [-0.15, -0.1) is 0 Å². The minimum Gasteiger partial charge on any atom is -0.379 e. The molecule has 1 saturated heterocycles. The average Bonchev–Trinajstić information content (AvgIpc) is 2.56. The molecule has 0 radical (unpaired) electrons. The normalized spacial score (nSPS) is 16.5. The van der Waals surface area contributed by atoms with Crippen LogP contribution in [0.25, 0.3) is 0 Å². The molecule has 4 nitrogen and oxygen atoms in total. The first-order valence-corrected chi connectivity index (χ1v) is 8.22. The molecule has 0 unspecified atom stereocenters. The number of benzene rings is 1. The molecular formula is C18H28N2O2. The lowest BCUT2D eigenvalue weighted by molar-refractivity contribution is 0.0383. The van der Waals surface area contributed by atoms with Gasteiger partial charge in [0.1, 0.15) is 0 Å². The van der Waals surface area contributed by atoms with E-state index in [1.54, 1.807) is 0 Å². The fourth-order valence-corrected chi connectivity index (χ4v) is 2.53. The van der Waals surface area contributed by atoms with Crippen molar-refractivity contribution in [3.8, 4) is 0 Å². The number of carbonyl (C=O) groups excluding carboxylic acids is 1. The molecule has 122 valence electrons. The van der Waals surface area contributed by atoms with Crippen LogP contribution in [0.1, 0.15) is 43.1 Å². The van der Waals surface area contributed by atoms with Gasteiger partial charge < -0.3 is 10.1 Å². The minimum atomic E-state index is 0.00844. The molecule has 1 aliphatic heterocycles. The van der Waals surface area contributed by atoms with Gasteiger partial charge >= 0.3 is 0 Å². The van der Waals surface area contributed by atoms with Gasteiger partial charge in [-0.05, 0) is 29.5 Å². The van der Waals surface area contributed by atoms with Crippen molar-refractivity contribution in [3.63, 3.8) is 0 Å². The van der Waals surface area contributed by atoms with Crippen LogP contribution in [-0.2, 0) is 10.2 Å². The largest absolute Gasteiger partial charge is 0.379 e. The fourth-order valence-electron chi connectivity index (χ4n) is 2.53. The highest BCUT2D eigenvalue weighted by Crippen LogP contribution is 2.26. The second-order valence-corrected chi connectivity index (χ2v) is 6.52. The van der Waals surface area contributed by atoms with E-state index >= 15 is 0 Å². The van der Waals surface area contributed by atoms with Crippen LogP contribution in [0.15, 0.2) is 24.3 Å². The van der Waals surface area contributed by atoms with E-state index in [-0.39, 0.29) is 11.3 Å². The molecule has 4 heteroatoms. The zero-order valence-electron chi connectivity index (χ0n) is 14.0. The molecule has 1 heterocycles.